The van der Waals surface area contributed by atoms with Crippen LogP contribution in [0.25, 0.3) is 0 Å². The molecule has 0 aliphatic carbocycles. The van der Waals surface area contributed by atoms with Gasteiger partial charge in [-0.25, -0.2) is 0 Å². The Hall–Kier alpha value is 2.24. The Morgan fingerprint density at radius 3 is 1.48 bits per heavy atom. The van der Waals surface area contributed by atoms with Crippen molar-refractivity contribution in [2.24, 2.45) is 0 Å². The minimum Gasteiger partial charge on any atom is -0.790 e. The molecule has 0 saturated carbocycles. The topological polar surface area (TPSA) is 119 Å². The van der Waals surface area contributed by atoms with Gasteiger partial charge in [0.25, 0.3) is 0 Å². The van der Waals surface area contributed by atoms with Crippen LogP contribution in [0.3, 0.4) is 0 Å². The van der Waals surface area contributed by atoms with Crippen molar-refractivity contribution in [3.63, 3.8) is 0 Å². The first-order chi connectivity index (χ1) is 13.0. The maximum atomic E-state index is 10.2. The molecule has 29 heavy (non-hydrogen) atoms. The summed E-state index contributed by atoms with van der Waals surface area (Å²) in [5.74, 6) is 0.824. The molecule has 0 unspecified atom stereocenters. The third kappa shape index (κ3) is 23.2. The van der Waals surface area contributed by atoms with Crippen molar-refractivity contribution < 1.29 is 145 Å². The average Bonchev–Trinajstić information content (AvgIpc) is 2.62. The van der Waals surface area contributed by atoms with Gasteiger partial charge in [0, 0.05) is 0 Å². The summed E-state index contributed by atoms with van der Waals surface area (Å²) in [6.45, 7) is 5.11. The molecule has 0 heterocycles. The van der Waals surface area contributed by atoms with Gasteiger partial charge in [-0.15, -0.1) is 0 Å². The Morgan fingerprint density at radius 1 is 0.690 bits per heavy atom. The Bertz CT molecular complexity index is 528. The number of aryl methyl sites for hydroxylation is 1. The van der Waals surface area contributed by atoms with Crippen molar-refractivity contribution in [2.75, 3.05) is 66.1 Å². The first-order valence-electron chi connectivity index (χ1n) is 8.64. The molecule has 0 amide bonds. The van der Waals surface area contributed by atoms with Crippen LogP contribution in [-0.2, 0) is 28.0 Å². The zero-order chi connectivity index (χ0) is 19.8. The van der Waals surface area contributed by atoms with Gasteiger partial charge in [-0.1, -0.05) is 17.7 Å². The fraction of sp³-hybridized carbons (Fsp3) is 0.647. The largest absolute Gasteiger partial charge is 1.00 e. The van der Waals surface area contributed by atoms with Crippen LogP contribution in [0, 0.1) is 6.92 Å². The van der Waals surface area contributed by atoms with Gasteiger partial charge in [-0.2, -0.15) is 0 Å². The summed E-state index contributed by atoms with van der Waals surface area (Å²) >= 11 is 0. The second-order valence-corrected chi connectivity index (χ2v) is 6.54. The average molecular weight is 485 g/mol. The van der Waals surface area contributed by atoms with Crippen molar-refractivity contribution in [3.05, 3.63) is 29.8 Å². The molecule has 1 rings (SSSR count). The van der Waals surface area contributed by atoms with Crippen LogP contribution >= 0.6 is 7.82 Å². The molecule has 9 nitrogen and oxygen atoms in total. The van der Waals surface area contributed by atoms with Gasteiger partial charge in [-0.3, -0.25) is 0 Å². The number of rotatable bonds is 17. The van der Waals surface area contributed by atoms with Crippen molar-refractivity contribution in [3.8, 4) is 5.75 Å². The van der Waals surface area contributed by atoms with Gasteiger partial charge in [0.15, 0.2) is 0 Å². The predicted molar refractivity (Wildman–Crippen MR) is 93.5 cm³/mol. The summed E-state index contributed by atoms with van der Waals surface area (Å²) in [5, 5.41) is 0. The minimum atomic E-state index is -4.91. The van der Waals surface area contributed by atoms with E-state index in [0.29, 0.717) is 46.2 Å². The van der Waals surface area contributed by atoms with E-state index in [0.717, 1.165) is 5.75 Å². The van der Waals surface area contributed by atoms with E-state index in [2.05, 4.69) is 4.52 Å². The molecule has 0 atom stereocenters. The molecule has 0 fully saturated rings. The van der Waals surface area contributed by atoms with Gasteiger partial charge >= 0.3 is 103 Å². The fourth-order valence-corrected chi connectivity index (χ4v) is 2.12. The molecular formula is C17H27K2O9P. The molecule has 1 aromatic carbocycles. The second kappa shape index (κ2) is 22.1. The first kappa shape index (κ1) is 33.4. The minimum absolute atomic E-state index is 0. The van der Waals surface area contributed by atoms with Crippen LogP contribution in [0.4, 0.5) is 0 Å². The molecule has 0 spiro atoms. The molecule has 0 N–H and O–H groups in total. The van der Waals surface area contributed by atoms with E-state index in [1.807, 2.05) is 31.2 Å². The monoisotopic (exact) mass is 484 g/mol. The van der Waals surface area contributed by atoms with E-state index in [1.54, 1.807) is 0 Å². The van der Waals surface area contributed by atoms with E-state index in [-0.39, 0.29) is 123 Å². The quantitative estimate of drug-likeness (QED) is 0.121. The number of ether oxygens (including phenoxy) is 5. The summed E-state index contributed by atoms with van der Waals surface area (Å²) in [4.78, 5) is 20.4. The standard InChI is InChI=1S/C17H29O9P.2K/c1-16-2-4-17(5-3-16)25-14-12-23-10-8-21-6-7-22-9-11-24-13-15-26-27(18,19)20;;/h2-5H,6-15H2,1H3,(H2,18,19,20);;/q;2*+1/p-2. The Labute approximate surface area is 257 Å². The normalized spacial score (nSPS) is 10.9. The predicted octanol–water partition coefficient (Wildman–Crippen LogP) is -5.71. The zero-order valence-electron chi connectivity index (χ0n) is 17.5. The van der Waals surface area contributed by atoms with E-state index in [4.69, 9.17) is 23.7 Å². The molecular weight excluding hydrogens is 457 g/mol. The maximum absolute atomic E-state index is 10.2. The molecule has 0 bridgehead atoms. The summed E-state index contributed by atoms with van der Waals surface area (Å²) < 4.78 is 40.7. The van der Waals surface area contributed by atoms with Crippen LogP contribution in [-0.4, -0.2) is 66.1 Å². The van der Waals surface area contributed by atoms with Gasteiger partial charge in [0.05, 0.1) is 67.3 Å². The SMILES string of the molecule is Cc1ccc(OCCOCCOCCOCCOCCOP(=O)([O-])[O-])cc1.[K+].[K+]. The fourth-order valence-electron chi connectivity index (χ4n) is 1.82. The number of benzene rings is 1. The third-order valence-electron chi connectivity index (χ3n) is 3.11. The van der Waals surface area contributed by atoms with Crippen LogP contribution in [0.5, 0.6) is 5.75 Å². The second-order valence-electron chi connectivity index (χ2n) is 5.39. The molecule has 0 aliphatic heterocycles. The Kier molecular flexibility index (Phi) is 25.4. The molecule has 0 saturated heterocycles. The smallest absolute Gasteiger partial charge is 0.790 e. The van der Waals surface area contributed by atoms with Crippen LogP contribution in [0.15, 0.2) is 24.3 Å². The van der Waals surface area contributed by atoms with E-state index >= 15 is 0 Å². The van der Waals surface area contributed by atoms with Crippen LogP contribution in [0.2, 0.25) is 0 Å². The first-order valence-corrected chi connectivity index (χ1v) is 10.1. The van der Waals surface area contributed by atoms with E-state index < -0.39 is 7.82 Å². The van der Waals surface area contributed by atoms with Gasteiger partial charge in [-0.05, 0) is 19.1 Å². The van der Waals surface area contributed by atoms with Crippen molar-refractivity contribution >= 4 is 7.82 Å². The maximum Gasteiger partial charge on any atom is 1.00 e. The summed E-state index contributed by atoms with van der Waals surface area (Å²) in [6.07, 6.45) is 0. The zero-order valence-corrected chi connectivity index (χ0v) is 24.6. The van der Waals surface area contributed by atoms with Crippen molar-refractivity contribution in [1.29, 1.82) is 0 Å². The van der Waals surface area contributed by atoms with E-state index in [1.165, 1.54) is 5.56 Å². The van der Waals surface area contributed by atoms with Crippen LogP contribution in [0.1, 0.15) is 5.56 Å². The van der Waals surface area contributed by atoms with Gasteiger partial charge < -0.3 is 42.6 Å². The molecule has 156 valence electrons. The molecule has 12 heteroatoms. The van der Waals surface area contributed by atoms with Gasteiger partial charge in [0.1, 0.15) is 12.4 Å². The molecule has 0 aromatic heterocycles. The number of hydrogen-bond donors (Lipinski definition) is 0. The van der Waals surface area contributed by atoms with Crippen molar-refractivity contribution in [1.82, 2.24) is 0 Å². The summed E-state index contributed by atoms with van der Waals surface area (Å²) in [7, 11) is -4.91. The summed E-state index contributed by atoms with van der Waals surface area (Å²) in [6, 6.07) is 7.84. The Morgan fingerprint density at radius 2 is 1.07 bits per heavy atom. The molecule has 0 aliphatic rings. The number of phosphoric acid groups is 1. The molecule has 1 aromatic rings. The number of hydrogen-bond acceptors (Lipinski definition) is 9. The molecule has 0 radical (unpaired) electrons. The van der Waals surface area contributed by atoms with Crippen molar-refractivity contribution in [2.45, 2.75) is 6.92 Å². The van der Waals surface area contributed by atoms with Crippen LogP contribution < -0.4 is 117 Å². The third-order valence-corrected chi connectivity index (χ3v) is 3.61. The van der Waals surface area contributed by atoms with E-state index in [9.17, 15) is 14.4 Å². The number of phosphoric ester groups is 1. The Balaban J connectivity index is 0. The van der Waals surface area contributed by atoms with Gasteiger partial charge in [0.2, 0.25) is 0 Å². The summed E-state index contributed by atoms with van der Waals surface area (Å²) in [5.41, 5.74) is 1.19.